The van der Waals surface area contributed by atoms with Crippen molar-refractivity contribution in [3.63, 3.8) is 0 Å². The molecule has 22 heavy (non-hydrogen) atoms. The van der Waals surface area contributed by atoms with Crippen LogP contribution < -0.4 is 5.32 Å². The predicted octanol–water partition coefficient (Wildman–Crippen LogP) is 1.39. The Morgan fingerprint density at radius 1 is 1.23 bits per heavy atom. The second kappa shape index (κ2) is 5.98. The van der Waals surface area contributed by atoms with Crippen molar-refractivity contribution in [3.8, 4) is 0 Å². The molecule has 3 saturated heterocycles. The second-order valence-corrected chi connectivity index (χ2v) is 7.63. The van der Waals surface area contributed by atoms with Crippen LogP contribution in [0.5, 0.6) is 0 Å². The lowest BCUT2D eigenvalue weighted by molar-refractivity contribution is -0.188. The van der Waals surface area contributed by atoms with Crippen LogP contribution in [0, 0.1) is 5.92 Å². The summed E-state index contributed by atoms with van der Waals surface area (Å²) in [6.07, 6.45) is 1.89. The second-order valence-electron chi connectivity index (χ2n) is 7.63. The monoisotopic (exact) mass is 312 g/mol. The molecule has 6 heteroatoms. The summed E-state index contributed by atoms with van der Waals surface area (Å²) in [7, 11) is 0. The van der Waals surface area contributed by atoms with Crippen LogP contribution in [0.1, 0.15) is 33.6 Å². The van der Waals surface area contributed by atoms with E-state index in [-0.39, 0.29) is 11.7 Å². The summed E-state index contributed by atoms with van der Waals surface area (Å²) in [6, 6.07) is 0.309. The van der Waals surface area contributed by atoms with E-state index in [0.29, 0.717) is 31.7 Å². The first-order valence-electron chi connectivity index (χ1n) is 8.33. The smallest absolute Gasteiger partial charge is 0.410 e. The highest BCUT2D eigenvalue weighted by molar-refractivity contribution is 5.69. The SMILES string of the molecule is CC(C)(C)OC(=O)N1CC2(C1)OCCNC2C1CCOCC1. The topological polar surface area (TPSA) is 60.0 Å². The fraction of sp³-hybridized carbons (Fsp3) is 0.938. The molecule has 0 aromatic heterocycles. The van der Waals surface area contributed by atoms with Gasteiger partial charge in [0.1, 0.15) is 11.2 Å². The van der Waals surface area contributed by atoms with Gasteiger partial charge >= 0.3 is 6.09 Å². The molecule has 126 valence electrons. The highest BCUT2D eigenvalue weighted by Gasteiger charge is 2.55. The number of carbonyl (C=O) groups is 1. The lowest BCUT2D eigenvalue weighted by Gasteiger charge is -2.57. The first kappa shape index (κ1) is 16.0. The summed E-state index contributed by atoms with van der Waals surface area (Å²) in [5.74, 6) is 0.565. The minimum atomic E-state index is -0.453. The predicted molar refractivity (Wildman–Crippen MR) is 81.8 cm³/mol. The Labute approximate surface area is 132 Å². The molecule has 1 unspecified atom stereocenters. The van der Waals surface area contributed by atoms with E-state index in [9.17, 15) is 4.79 Å². The normalized spacial score (nSPS) is 29.2. The Morgan fingerprint density at radius 2 is 1.91 bits per heavy atom. The molecule has 3 rings (SSSR count). The van der Waals surface area contributed by atoms with Gasteiger partial charge in [0.15, 0.2) is 0 Å². The Bertz CT molecular complexity index is 409. The minimum absolute atomic E-state index is 0.238. The van der Waals surface area contributed by atoms with E-state index in [1.165, 1.54) is 0 Å². The third kappa shape index (κ3) is 3.24. The zero-order valence-electron chi connectivity index (χ0n) is 13.9. The molecule has 3 aliphatic heterocycles. The average molecular weight is 312 g/mol. The summed E-state index contributed by atoms with van der Waals surface area (Å²) in [6.45, 7) is 10.2. The lowest BCUT2D eigenvalue weighted by atomic mass is 9.75. The molecule has 1 amide bonds. The summed E-state index contributed by atoms with van der Waals surface area (Å²) in [5, 5.41) is 3.63. The van der Waals surface area contributed by atoms with E-state index in [4.69, 9.17) is 14.2 Å². The van der Waals surface area contributed by atoms with Crippen molar-refractivity contribution in [1.82, 2.24) is 10.2 Å². The van der Waals surface area contributed by atoms with Crippen molar-refractivity contribution in [1.29, 1.82) is 0 Å². The largest absolute Gasteiger partial charge is 0.444 e. The van der Waals surface area contributed by atoms with E-state index >= 15 is 0 Å². The molecular formula is C16H28N2O4. The van der Waals surface area contributed by atoms with Crippen molar-refractivity contribution in [2.24, 2.45) is 5.92 Å². The van der Waals surface area contributed by atoms with Gasteiger partial charge in [0.25, 0.3) is 0 Å². The van der Waals surface area contributed by atoms with E-state index in [2.05, 4.69) is 5.32 Å². The van der Waals surface area contributed by atoms with Gasteiger partial charge < -0.3 is 24.4 Å². The first-order chi connectivity index (χ1) is 10.4. The van der Waals surface area contributed by atoms with Crippen molar-refractivity contribution < 1.29 is 19.0 Å². The molecule has 3 aliphatic rings. The molecule has 0 radical (unpaired) electrons. The lowest BCUT2D eigenvalue weighted by Crippen LogP contribution is -2.76. The highest BCUT2D eigenvalue weighted by atomic mass is 16.6. The van der Waals surface area contributed by atoms with Crippen LogP contribution in [0.15, 0.2) is 0 Å². The van der Waals surface area contributed by atoms with Gasteiger partial charge in [-0.25, -0.2) is 4.79 Å². The minimum Gasteiger partial charge on any atom is -0.444 e. The zero-order valence-corrected chi connectivity index (χ0v) is 13.9. The molecule has 1 atom stereocenters. The maximum atomic E-state index is 12.2. The number of hydrogen-bond donors (Lipinski definition) is 1. The molecule has 0 saturated carbocycles. The summed E-state index contributed by atoms with van der Waals surface area (Å²) in [4.78, 5) is 13.9. The van der Waals surface area contributed by atoms with Crippen molar-refractivity contribution >= 4 is 6.09 Å². The third-order valence-corrected chi connectivity index (χ3v) is 4.73. The van der Waals surface area contributed by atoms with Crippen LogP contribution in [0.3, 0.4) is 0 Å². The quantitative estimate of drug-likeness (QED) is 0.793. The first-order valence-corrected chi connectivity index (χ1v) is 8.33. The maximum absolute atomic E-state index is 12.2. The number of carbonyl (C=O) groups excluding carboxylic acids is 1. The highest BCUT2D eigenvalue weighted by Crippen LogP contribution is 2.37. The fourth-order valence-corrected chi connectivity index (χ4v) is 3.73. The van der Waals surface area contributed by atoms with Gasteiger partial charge in [0, 0.05) is 25.8 Å². The molecule has 1 spiro atoms. The zero-order chi connectivity index (χ0) is 15.8. The van der Waals surface area contributed by atoms with Crippen LogP contribution in [0.25, 0.3) is 0 Å². The Hall–Kier alpha value is -0.850. The van der Waals surface area contributed by atoms with Crippen LogP contribution in [0.4, 0.5) is 4.79 Å². The van der Waals surface area contributed by atoms with Crippen LogP contribution >= 0.6 is 0 Å². The Kier molecular flexibility index (Phi) is 4.36. The number of nitrogens with one attached hydrogen (secondary N) is 1. The van der Waals surface area contributed by atoms with E-state index in [0.717, 1.165) is 32.6 Å². The van der Waals surface area contributed by atoms with Crippen molar-refractivity contribution in [2.75, 3.05) is 39.5 Å². The van der Waals surface area contributed by atoms with E-state index in [1.54, 1.807) is 4.90 Å². The van der Waals surface area contributed by atoms with Crippen LogP contribution in [0.2, 0.25) is 0 Å². The molecule has 0 aromatic rings. The fourth-order valence-electron chi connectivity index (χ4n) is 3.73. The van der Waals surface area contributed by atoms with Gasteiger partial charge in [-0.2, -0.15) is 0 Å². The molecule has 3 heterocycles. The molecule has 6 nitrogen and oxygen atoms in total. The Morgan fingerprint density at radius 3 is 2.55 bits per heavy atom. The number of likely N-dealkylation sites (tertiary alicyclic amines) is 1. The summed E-state index contributed by atoms with van der Waals surface area (Å²) < 4.78 is 17.0. The van der Waals surface area contributed by atoms with Gasteiger partial charge in [-0.1, -0.05) is 0 Å². The van der Waals surface area contributed by atoms with Crippen LogP contribution in [-0.2, 0) is 14.2 Å². The summed E-state index contributed by atoms with van der Waals surface area (Å²) in [5.41, 5.74) is -0.692. The number of ether oxygens (including phenoxy) is 3. The molecule has 1 N–H and O–H groups in total. The third-order valence-electron chi connectivity index (χ3n) is 4.73. The molecular weight excluding hydrogens is 284 g/mol. The molecule has 0 aromatic carbocycles. The molecule has 0 bridgehead atoms. The maximum Gasteiger partial charge on any atom is 0.410 e. The van der Waals surface area contributed by atoms with Crippen molar-refractivity contribution in [3.05, 3.63) is 0 Å². The average Bonchev–Trinajstić information content (AvgIpc) is 2.43. The van der Waals surface area contributed by atoms with Gasteiger partial charge in [-0.15, -0.1) is 0 Å². The van der Waals surface area contributed by atoms with Gasteiger partial charge in [-0.3, -0.25) is 0 Å². The van der Waals surface area contributed by atoms with Crippen molar-refractivity contribution in [2.45, 2.75) is 50.9 Å². The van der Waals surface area contributed by atoms with Crippen LogP contribution in [-0.4, -0.2) is 67.7 Å². The Balaban J connectivity index is 1.61. The number of hydrogen-bond acceptors (Lipinski definition) is 5. The van der Waals surface area contributed by atoms with Gasteiger partial charge in [0.05, 0.1) is 19.7 Å². The standard InChI is InChI=1S/C16H28N2O4/c1-15(2,3)22-14(19)18-10-16(11-18)13(17-6-9-21-16)12-4-7-20-8-5-12/h12-13,17H,4-11H2,1-3H3. The van der Waals surface area contributed by atoms with E-state index < -0.39 is 5.60 Å². The number of rotatable bonds is 1. The number of amides is 1. The van der Waals surface area contributed by atoms with Gasteiger partial charge in [0.2, 0.25) is 0 Å². The molecule has 3 fully saturated rings. The van der Waals surface area contributed by atoms with E-state index in [1.807, 2.05) is 20.8 Å². The molecule has 0 aliphatic carbocycles. The number of morpholine rings is 1. The summed E-state index contributed by atoms with van der Waals surface area (Å²) >= 11 is 0. The van der Waals surface area contributed by atoms with Gasteiger partial charge in [-0.05, 0) is 39.5 Å². The number of nitrogens with zero attached hydrogens (tertiary/aromatic N) is 1.